The molecular weight excluding hydrogens is 268 g/mol. The summed E-state index contributed by atoms with van der Waals surface area (Å²) in [4.78, 5) is 11.0. The van der Waals surface area contributed by atoms with Crippen molar-refractivity contribution in [2.45, 2.75) is 4.90 Å². The molecule has 17 heavy (non-hydrogen) atoms. The van der Waals surface area contributed by atoms with Gasteiger partial charge >= 0.3 is 5.76 Å². The standard InChI is InChI=1S/C9H7ClN2O4S/c1-12-9(13)16-8(11-12)6-4-2-3-5-7(6)17(10,14)15/h2-5H,1H3. The molecule has 0 spiro atoms. The van der Waals surface area contributed by atoms with E-state index in [0.717, 1.165) is 4.68 Å². The summed E-state index contributed by atoms with van der Waals surface area (Å²) in [5, 5.41) is 3.77. The topological polar surface area (TPSA) is 82.2 Å². The van der Waals surface area contributed by atoms with Crippen LogP contribution < -0.4 is 5.76 Å². The minimum atomic E-state index is -3.92. The van der Waals surface area contributed by atoms with Gasteiger partial charge in [0.05, 0.1) is 10.5 Å². The fourth-order valence-corrected chi connectivity index (χ4v) is 2.37. The lowest BCUT2D eigenvalue weighted by Crippen LogP contribution is -2.09. The summed E-state index contributed by atoms with van der Waals surface area (Å²) in [6, 6.07) is 5.88. The molecule has 2 aromatic rings. The maximum atomic E-state index is 11.3. The van der Waals surface area contributed by atoms with E-state index >= 15 is 0 Å². The minimum Gasteiger partial charge on any atom is -0.388 e. The first-order valence-electron chi connectivity index (χ1n) is 4.48. The van der Waals surface area contributed by atoms with E-state index in [-0.39, 0.29) is 16.3 Å². The van der Waals surface area contributed by atoms with Crippen LogP contribution in [0.2, 0.25) is 0 Å². The molecule has 0 atom stereocenters. The van der Waals surface area contributed by atoms with E-state index in [1.54, 1.807) is 6.07 Å². The number of aromatic nitrogens is 2. The van der Waals surface area contributed by atoms with E-state index < -0.39 is 14.8 Å². The largest absolute Gasteiger partial charge is 0.437 e. The first-order valence-corrected chi connectivity index (χ1v) is 6.79. The smallest absolute Gasteiger partial charge is 0.388 e. The highest BCUT2D eigenvalue weighted by molar-refractivity contribution is 8.13. The highest BCUT2D eigenvalue weighted by atomic mass is 35.7. The molecule has 0 N–H and O–H groups in total. The lowest BCUT2D eigenvalue weighted by Gasteiger charge is -2.01. The summed E-state index contributed by atoms with van der Waals surface area (Å²) < 4.78 is 28.4. The molecule has 1 aromatic carbocycles. The van der Waals surface area contributed by atoms with Gasteiger partial charge in [-0.05, 0) is 12.1 Å². The summed E-state index contributed by atoms with van der Waals surface area (Å²) in [5.41, 5.74) is 0.153. The van der Waals surface area contributed by atoms with Gasteiger partial charge in [0.25, 0.3) is 14.9 Å². The molecule has 0 bridgehead atoms. The second-order valence-electron chi connectivity index (χ2n) is 3.23. The van der Waals surface area contributed by atoms with Gasteiger partial charge in [-0.3, -0.25) is 0 Å². The Kier molecular flexibility index (Phi) is 2.80. The molecule has 0 aliphatic rings. The zero-order valence-electron chi connectivity index (χ0n) is 8.62. The Labute approximate surface area is 101 Å². The number of hydrogen-bond acceptors (Lipinski definition) is 5. The third-order valence-electron chi connectivity index (χ3n) is 2.07. The number of benzene rings is 1. The second kappa shape index (κ2) is 4.01. The average Bonchev–Trinajstić information content (AvgIpc) is 2.58. The normalized spacial score (nSPS) is 11.6. The molecule has 0 aliphatic carbocycles. The molecule has 1 heterocycles. The molecular formula is C9H7ClN2O4S. The van der Waals surface area contributed by atoms with Gasteiger partial charge in [-0.25, -0.2) is 13.2 Å². The summed E-state index contributed by atoms with van der Waals surface area (Å²) in [7, 11) is 2.75. The zero-order chi connectivity index (χ0) is 12.6. The van der Waals surface area contributed by atoms with Gasteiger partial charge < -0.3 is 4.42 Å². The van der Waals surface area contributed by atoms with Crippen molar-refractivity contribution in [3.8, 4) is 11.5 Å². The number of aryl methyl sites for hydroxylation is 1. The Morgan fingerprint density at radius 1 is 1.35 bits per heavy atom. The maximum Gasteiger partial charge on any atom is 0.437 e. The molecule has 2 rings (SSSR count). The van der Waals surface area contributed by atoms with E-state index in [9.17, 15) is 13.2 Å². The molecule has 0 saturated carbocycles. The predicted octanol–water partition coefficient (Wildman–Crippen LogP) is 0.968. The van der Waals surface area contributed by atoms with Gasteiger partial charge in [0.2, 0.25) is 0 Å². The van der Waals surface area contributed by atoms with Gasteiger partial charge in [0.1, 0.15) is 0 Å². The quantitative estimate of drug-likeness (QED) is 0.762. The first-order chi connectivity index (χ1) is 7.89. The van der Waals surface area contributed by atoms with Crippen molar-refractivity contribution in [1.29, 1.82) is 0 Å². The van der Waals surface area contributed by atoms with E-state index in [1.807, 2.05) is 0 Å². The van der Waals surface area contributed by atoms with Crippen LogP contribution in [-0.2, 0) is 16.1 Å². The molecule has 1 aromatic heterocycles. The lowest BCUT2D eigenvalue weighted by atomic mass is 10.2. The Bertz CT molecular complexity index is 717. The Morgan fingerprint density at radius 2 is 2.00 bits per heavy atom. The average molecular weight is 275 g/mol. The third-order valence-corrected chi connectivity index (χ3v) is 3.45. The highest BCUT2D eigenvalue weighted by Crippen LogP contribution is 2.27. The monoisotopic (exact) mass is 274 g/mol. The van der Waals surface area contributed by atoms with Crippen LogP contribution in [0.1, 0.15) is 0 Å². The molecule has 0 aliphatic heterocycles. The summed E-state index contributed by atoms with van der Waals surface area (Å²) in [6.45, 7) is 0. The SMILES string of the molecule is Cn1nc(-c2ccccc2S(=O)(=O)Cl)oc1=O. The van der Waals surface area contributed by atoms with Crippen LogP contribution in [0.15, 0.2) is 38.4 Å². The van der Waals surface area contributed by atoms with Gasteiger partial charge in [-0.1, -0.05) is 12.1 Å². The van der Waals surface area contributed by atoms with Crippen molar-refractivity contribution in [3.63, 3.8) is 0 Å². The van der Waals surface area contributed by atoms with Crippen LogP contribution in [0.25, 0.3) is 11.5 Å². The number of rotatable bonds is 2. The lowest BCUT2D eigenvalue weighted by molar-refractivity contribution is 0.504. The van der Waals surface area contributed by atoms with Gasteiger partial charge in [0.15, 0.2) is 0 Å². The van der Waals surface area contributed by atoms with Crippen LogP contribution >= 0.6 is 10.7 Å². The van der Waals surface area contributed by atoms with Crippen LogP contribution in [0.4, 0.5) is 0 Å². The maximum absolute atomic E-state index is 11.3. The van der Waals surface area contributed by atoms with Gasteiger partial charge in [-0.15, -0.1) is 5.10 Å². The van der Waals surface area contributed by atoms with Crippen molar-refractivity contribution in [3.05, 3.63) is 34.8 Å². The van der Waals surface area contributed by atoms with Gasteiger partial charge in [-0.2, -0.15) is 4.68 Å². The van der Waals surface area contributed by atoms with Crippen molar-refractivity contribution in [2.24, 2.45) is 7.05 Å². The molecule has 6 nitrogen and oxygen atoms in total. The summed E-state index contributed by atoms with van der Waals surface area (Å²) in [6.07, 6.45) is 0. The van der Waals surface area contributed by atoms with Gasteiger partial charge in [0, 0.05) is 17.7 Å². The molecule has 90 valence electrons. The van der Waals surface area contributed by atoms with E-state index in [2.05, 4.69) is 5.10 Å². The highest BCUT2D eigenvalue weighted by Gasteiger charge is 2.20. The molecule has 0 fully saturated rings. The van der Waals surface area contributed by atoms with Crippen LogP contribution in [0, 0.1) is 0 Å². The molecule has 0 saturated heterocycles. The molecule has 8 heteroatoms. The van der Waals surface area contributed by atoms with Crippen LogP contribution in [0.5, 0.6) is 0 Å². The third kappa shape index (κ3) is 2.25. The summed E-state index contributed by atoms with van der Waals surface area (Å²) in [5.74, 6) is -0.765. The second-order valence-corrected chi connectivity index (χ2v) is 5.77. The van der Waals surface area contributed by atoms with E-state index in [4.69, 9.17) is 15.1 Å². The number of hydrogen-bond donors (Lipinski definition) is 0. The minimum absolute atomic E-state index is 0.0858. The molecule has 0 amide bonds. The number of nitrogens with zero attached hydrogens (tertiary/aromatic N) is 2. The Balaban J connectivity index is 2.72. The fraction of sp³-hybridized carbons (Fsp3) is 0.111. The molecule has 0 radical (unpaired) electrons. The van der Waals surface area contributed by atoms with Crippen molar-refractivity contribution in [2.75, 3.05) is 0 Å². The van der Waals surface area contributed by atoms with Crippen molar-refractivity contribution < 1.29 is 12.8 Å². The van der Waals surface area contributed by atoms with E-state index in [1.165, 1.54) is 25.2 Å². The van der Waals surface area contributed by atoms with Crippen molar-refractivity contribution >= 4 is 19.7 Å². The van der Waals surface area contributed by atoms with Crippen LogP contribution in [-0.4, -0.2) is 18.2 Å². The predicted molar refractivity (Wildman–Crippen MR) is 60.2 cm³/mol. The Morgan fingerprint density at radius 3 is 2.53 bits per heavy atom. The van der Waals surface area contributed by atoms with Crippen LogP contribution in [0.3, 0.4) is 0 Å². The summed E-state index contributed by atoms with van der Waals surface area (Å²) >= 11 is 0. The Hall–Kier alpha value is -1.60. The first kappa shape index (κ1) is 11.9. The molecule has 0 unspecified atom stereocenters. The van der Waals surface area contributed by atoms with E-state index in [0.29, 0.717) is 0 Å². The number of halogens is 1. The van der Waals surface area contributed by atoms with Crippen molar-refractivity contribution in [1.82, 2.24) is 9.78 Å². The zero-order valence-corrected chi connectivity index (χ0v) is 10.2. The fourth-order valence-electron chi connectivity index (χ4n) is 1.31.